The topological polar surface area (TPSA) is 85.5 Å². The molecule has 0 aliphatic carbocycles. The highest BCUT2D eigenvalue weighted by Gasteiger charge is 2.45. The molecule has 1 amide bonds. The maximum absolute atomic E-state index is 14.0. The van der Waals surface area contributed by atoms with Crippen molar-refractivity contribution in [3.8, 4) is 5.75 Å². The van der Waals surface area contributed by atoms with Gasteiger partial charge in [0.2, 0.25) is 10.9 Å². The molecule has 0 fully saturated rings. The summed E-state index contributed by atoms with van der Waals surface area (Å²) >= 11 is 1.20. The lowest BCUT2D eigenvalue weighted by Gasteiger charge is -2.22. The third kappa shape index (κ3) is 2.70. The summed E-state index contributed by atoms with van der Waals surface area (Å²) in [5.74, 6) is -0.605. The van der Waals surface area contributed by atoms with Gasteiger partial charge in [0, 0.05) is 6.07 Å². The summed E-state index contributed by atoms with van der Waals surface area (Å²) in [6, 6.07) is 9.70. The van der Waals surface area contributed by atoms with E-state index in [0.717, 1.165) is 0 Å². The molecule has 1 atom stereocenters. The Labute approximate surface area is 173 Å². The molecule has 4 aromatic rings. The SMILES string of the molecule is COc1ccc2c(=O)c3c(oc2c1)C(=O)N(c1nnc(C)s1)[C@H]3c1cccc(F)c1. The van der Waals surface area contributed by atoms with Gasteiger partial charge in [-0.05, 0) is 36.8 Å². The molecule has 0 saturated heterocycles. The van der Waals surface area contributed by atoms with Crippen LogP contribution in [-0.4, -0.2) is 23.2 Å². The largest absolute Gasteiger partial charge is 0.497 e. The maximum Gasteiger partial charge on any atom is 0.297 e. The number of anilines is 1. The minimum Gasteiger partial charge on any atom is -0.497 e. The number of halogens is 1. The molecule has 150 valence electrons. The Morgan fingerprint density at radius 2 is 2.00 bits per heavy atom. The van der Waals surface area contributed by atoms with Gasteiger partial charge in [-0.25, -0.2) is 4.39 Å². The quantitative estimate of drug-likeness (QED) is 0.498. The molecule has 0 bridgehead atoms. The van der Waals surface area contributed by atoms with Crippen molar-refractivity contribution in [2.75, 3.05) is 12.0 Å². The van der Waals surface area contributed by atoms with Crippen LogP contribution >= 0.6 is 11.3 Å². The highest BCUT2D eigenvalue weighted by Crippen LogP contribution is 2.42. The van der Waals surface area contributed by atoms with Gasteiger partial charge in [0.15, 0.2) is 5.43 Å². The molecule has 1 aliphatic heterocycles. The highest BCUT2D eigenvalue weighted by atomic mass is 32.1. The van der Waals surface area contributed by atoms with E-state index in [2.05, 4.69) is 10.2 Å². The predicted octanol–water partition coefficient (Wildman–Crippen LogP) is 3.85. The maximum atomic E-state index is 14.0. The number of carbonyl (C=O) groups is 1. The number of rotatable bonds is 3. The van der Waals surface area contributed by atoms with Crippen LogP contribution in [0.2, 0.25) is 0 Å². The number of methoxy groups -OCH3 is 1. The van der Waals surface area contributed by atoms with Crippen molar-refractivity contribution in [3.63, 3.8) is 0 Å². The molecule has 5 rings (SSSR count). The molecular formula is C21H14FN3O4S. The molecule has 7 nitrogen and oxygen atoms in total. The van der Waals surface area contributed by atoms with Crippen LogP contribution in [0.4, 0.5) is 9.52 Å². The summed E-state index contributed by atoms with van der Waals surface area (Å²) in [4.78, 5) is 28.1. The number of benzene rings is 2. The number of fused-ring (bicyclic) bond motifs is 2. The zero-order valence-corrected chi connectivity index (χ0v) is 16.7. The Balaban J connectivity index is 1.82. The van der Waals surface area contributed by atoms with Crippen molar-refractivity contribution in [2.24, 2.45) is 0 Å². The smallest absolute Gasteiger partial charge is 0.297 e. The van der Waals surface area contributed by atoms with Gasteiger partial charge in [0.1, 0.15) is 22.2 Å². The van der Waals surface area contributed by atoms with Crippen LogP contribution in [0.15, 0.2) is 51.7 Å². The highest BCUT2D eigenvalue weighted by molar-refractivity contribution is 7.15. The molecular weight excluding hydrogens is 409 g/mol. The van der Waals surface area contributed by atoms with Crippen molar-refractivity contribution in [1.82, 2.24) is 10.2 Å². The number of hydrogen-bond donors (Lipinski definition) is 0. The van der Waals surface area contributed by atoms with E-state index >= 15 is 0 Å². The molecule has 1 aliphatic rings. The summed E-state index contributed by atoms with van der Waals surface area (Å²) < 4.78 is 25.1. The van der Waals surface area contributed by atoms with Gasteiger partial charge < -0.3 is 9.15 Å². The fourth-order valence-corrected chi connectivity index (χ4v) is 4.37. The monoisotopic (exact) mass is 423 g/mol. The van der Waals surface area contributed by atoms with E-state index in [0.29, 0.717) is 26.8 Å². The fourth-order valence-electron chi connectivity index (χ4n) is 3.65. The molecule has 0 radical (unpaired) electrons. The van der Waals surface area contributed by atoms with E-state index in [4.69, 9.17) is 9.15 Å². The molecule has 0 saturated carbocycles. The summed E-state index contributed by atoms with van der Waals surface area (Å²) in [5.41, 5.74) is 0.464. The van der Waals surface area contributed by atoms with Crippen molar-refractivity contribution in [1.29, 1.82) is 0 Å². The van der Waals surface area contributed by atoms with Crippen molar-refractivity contribution in [3.05, 3.63) is 80.4 Å². The molecule has 0 unspecified atom stereocenters. The van der Waals surface area contributed by atoms with Crippen molar-refractivity contribution >= 4 is 33.3 Å². The molecule has 3 heterocycles. The standard InChI is InChI=1S/C21H14FN3O4S/c1-10-23-24-21(30-10)25-17(11-4-3-5-12(22)8-11)16-18(26)14-7-6-13(28-2)9-15(14)29-19(16)20(25)27/h3-9,17H,1-2H3/t17-/m0/s1. The molecule has 2 aromatic carbocycles. The van der Waals surface area contributed by atoms with Gasteiger partial charge in [-0.3, -0.25) is 14.5 Å². The minimum absolute atomic E-state index is 0.0946. The summed E-state index contributed by atoms with van der Waals surface area (Å²) in [5, 5.41) is 9.31. The van der Waals surface area contributed by atoms with Crippen molar-refractivity contribution in [2.45, 2.75) is 13.0 Å². The first-order valence-electron chi connectivity index (χ1n) is 9.02. The lowest BCUT2D eigenvalue weighted by molar-refractivity contribution is 0.0970. The van der Waals surface area contributed by atoms with E-state index in [1.165, 1.54) is 41.5 Å². The van der Waals surface area contributed by atoms with Crippen LogP contribution in [0.5, 0.6) is 5.75 Å². The Morgan fingerprint density at radius 3 is 2.70 bits per heavy atom. The van der Waals surface area contributed by atoms with Crippen LogP contribution in [0.3, 0.4) is 0 Å². The lowest BCUT2D eigenvalue weighted by atomic mass is 9.98. The predicted molar refractivity (Wildman–Crippen MR) is 109 cm³/mol. The first-order chi connectivity index (χ1) is 14.5. The van der Waals surface area contributed by atoms with E-state index in [1.54, 1.807) is 31.2 Å². The van der Waals surface area contributed by atoms with E-state index in [-0.39, 0.29) is 22.3 Å². The Hall–Kier alpha value is -3.59. The van der Waals surface area contributed by atoms with Crippen LogP contribution in [0.25, 0.3) is 11.0 Å². The number of amides is 1. The third-order valence-electron chi connectivity index (χ3n) is 4.97. The molecule has 0 spiro atoms. The van der Waals surface area contributed by atoms with Gasteiger partial charge >= 0.3 is 0 Å². The molecule has 2 aromatic heterocycles. The Morgan fingerprint density at radius 1 is 1.17 bits per heavy atom. The number of aromatic nitrogens is 2. The fraction of sp³-hybridized carbons (Fsp3) is 0.143. The first kappa shape index (κ1) is 18.4. The third-order valence-corrected chi connectivity index (χ3v) is 5.80. The number of hydrogen-bond acceptors (Lipinski definition) is 7. The number of aryl methyl sites for hydroxylation is 1. The molecule has 9 heteroatoms. The van der Waals surface area contributed by atoms with Gasteiger partial charge in [0.05, 0.1) is 24.1 Å². The average molecular weight is 423 g/mol. The zero-order chi connectivity index (χ0) is 21.0. The Kier molecular flexibility index (Phi) is 4.14. The van der Waals surface area contributed by atoms with Gasteiger partial charge in [-0.1, -0.05) is 23.5 Å². The normalized spacial score (nSPS) is 15.6. The number of carbonyl (C=O) groups excluding carboxylic acids is 1. The second-order valence-corrected chi connectivity index (χ2v) is 7.93. The lowest BCUT2D eigenvalue weighted by Crippen LogP contribution is -2.29. The van der Waals surface area contributed by atoms with E-state index in [9.17, 15) is 14.0 Å². The zero-order valence-electron chi connectivity index (χ0n) is 15.9. The summed E-state index contributed by atoms with van der Waals surface area (Å²) in [6.07, 6.45) is 0. The van der Waals surface area contributed by atoms with Crippen molar-refractivity contribution < 1.29 is 18.3 Å². The van der Waals surface area contributed by atoms with E-state index in [1.807, 2.05) is 0 Å². The van der Waals surface area contributed by atoms with Crippen LogP contribution in [0.1, 0.15) is 32.7 Å². The second kappa shape index (κ2) is 6.74. The molecule has 30 heavy (non-hydrogen) atoms. The van der Waals surface area contributed by atoms with Crippen LogP contribution in [-0.2, 0) is 0 Å². The van der Waals surface area contributed by atoms with Gasteiger partial charge in [-0.2, -0.15) is 0 Å². The number of nitrogens with zero attached hydrogens (tertiary/aromatic N) is 3. The Bertz CT molecular complexity index is 1380. The first-order valence-corrected chi connectivity index (χ1v) is 9.83. The summed E-state index contributed by atoms with van der Waals surface area (Å²) in [6.45, 7) is 1.76. The number of ether oxygens (including phenoxy) is 1. The minimum atomic E-state index is -0.877. The van der Waals surface area contributed by atoms with Gasteiger partial charge in [0.25, 0.3) is 5.91 Å². The molecule has 0 N–H and O–H groups in total. The van der Waals surface area contributed by atoms with E-state index < -0.39 is 17.8 Å². The van der Waals surface area contributed by atoms with Gasteiger partial charge in [-0.15, -0.1) is 10.2 Å². The summed E-state index contributed by atoms with van der Waals surface area (Å²) in [7, 11) is 1.50. The average Bonchev–Trinajstić information content (AvgIpc) is 3.29. The van der Waals surface area contributed by atoms with Crippen LogP contribution < -0.4 is 15.1 Å². The second-order valence-electron chi connectivity index (χ2n) is 6.77. The van der Waals surface area contributed by atoms with Crippen LogP contribution in [0, 0.1) is 12.7 Å².